The topological polar surface area (TPSA) is 67.4 Å². The molecule has 5 nitrogen and oxygen atoms in total. The van der Waals surface area contributed by atoms with Crippen molar-refractivity contribution in [3.63, 3.8) is 0 Å². The molecule has 1 atom stereocenters. The fourth-order valence-corrected chi connectivity index (χ4v) is 2.58. The van der Waals surface area contributed by atoms with E-state index in [0.29, 0.717) is 13.0 Å². The minimum Gasteiger partial charge on any atom is -0.444 e. The lowest BCUT2D eigenvalue weighted by Gasteiger charge is -2.23. The van der Waals surface area contributed by atoms with Gasteiger partial charge in [0.15, 0.2) is 0 Å². The van der Waals surface area contributed by atoms with Crippen LogP contribution in [0.4, 0.5) is 4.79 Å². The molecule has 140 valence electrons. The Morgan fingerprint density at radius 2 is 1.80 bits per heavy atom. The first-order chi connectivity index (χ1) is 11.7. The van der Waals surface area contributed by atoms with Crippen LogP contribution in [0.15, 0.2) is 24.3 Å². The molecular formula is C19H29IN2O3. The average Bonchev–Trinajstić information content (AvgIpc) is 2.51. The third-order valence-electron chi connectivity index (χ3n) is 3.44. The summed E-state index contributed by atoms with van der Waals surface area (Å²) in [7, 11) is 0. The summed E-state index contributed by atoms with van der Waals surface area (Å²) in [6.07, 6.45) is 2.95. The lowest BCUT2D eigenvalue weighted by atomic mass is 10.1. The Hall–Kier alpha value is -1.31. The SMILES string of the molecule is CCCCCNC(=O)C(Cc1ccc(I)cc1)NC(=O)OC(C)(C)C. The van der Waals surface area contributed by atoms with E-state index in [9.17, 15) is 9.59 Å². The summed E-state index contributed by atoms with van der Waals surface area (Å²) in [4.78, 5) is 24.6. The van der Waals surface area contributed by atoms with Crippen molar-refractivity contribution in [3.05, 3.63) is 33.4 Å². The third kappa shape index (κ3) is 9.67. The molecule has 1 aromatic carbocycles. The zero-order chi connectivity index (χ0) is 18.9. The van der Waals surface area contributed by atoms with Crippen LogP contribution in [0.1, 0.15) is 52.5 Å². The molecule has 2 amide bonds. The second-order valence-corrected chi connectivity index (χ2v) is 8.27. The van der Waals surface area contributed by atoms with E-state index in [0.717, 1.165) is 28.4 Å². The maximum atomic E-state index is 12.5. The Kier molecular flexibility index (Phi) is 9.24. The van der Waals surface area contributed by atoms with E-state index in [1.165, 1.54) is 0 Å². The lowest BCUT2D eigenvalue weighted by Crippen LogP contribution is -2.49. The molecule has 0 aliphatic carbocycles. The first-order valence-corrected chi connectivity index (χ1v) is 9.81. The second-order valence-electron chi connectivity index (χ2n) is 7.03. The molecule has 0 bridgehead atoms. The molecule has 0 spiro atoms. The number of carbonyl (C=O) groups excluding carboxylic acids is 2. The van der Waals surface area contributed by atoms with E-state index in [4.69, 9.17) is 4.74 Å². The van der Waals surface area contributed by atoms with Crippen molar-refractivity contribution >= 4 is 34.6 Å². The smallest absolute Gasteiger partial charge is 0.408 e. The van der Waals surface area contributed by atoms with E-state index in [-0.39, 0.29) is 5.91 Å². The standard InChI is InChI=1S/C19H29IN2O3/c1-5-6-7-12-21-17(23)16(22-18(24)25-19(2,3)4)13-14-8-10-15(20)11-9-14/h8-11,16H,5-7,12-13H2,1-4H3,(H,21,23)(H,22,24). The van der Waals surface area contributed by atoms with Crippen LogP contribution in [0.5, 0.6) is 0 Å². The van der Waals surface area contributed by atoms with Crippen LogP contribution < -0.4 is 10.6 Å². The van der Waals surface area contributed by atoms with Gasteiger partial charge >= 0.3 is 6.09 Å². The van der Waals surface area contributed by atoms with Crippen molar-refractivity contribution in [2.24, 2.45) is 0 Å². The number of hydrogen-bond donors (Lipinski definition) is 2. The number of amides is 2. The first-order valence-electron chi connectivity index (χ1n) is 8.73. The number of hydrogen-bond acceptors (Lipinski definition) is 3. The fraction of sp³-hybridized carbons (Fsp3) is 0.579. The van der Waals surface area contributed by atoms with Gasteiger partial charge in [-0.1, -0.05) is 31.9 Å². The number of carbonyl (C=O) groups is 2. The molecule has 0 radical (unpaired) electrons. The Morgan fingerprint density at radius 3 is 2.36 bits per heavy atom. The number of benzene rings is 1. The third-order valence-corrected chi connectivity index (χ3v) is 4.16. The van der Waals surface area contributed by atoms with Crippen molar-refractivity contribution in [2.75, 3.05) is 6.54 Å². The second kappa shape index (κ2) is 10.6. The van der Waals surface area contributed by atoms with Crippen LogP contribution in [-0.4, -0.2) is 30.2 Å². The summed E-state index contributed by atoms with van der Waals surface area (Å²) in [5, 5.41) is 5.61. The van der Waals surface area contributed by atoms with Gasteiger partial charge in [-0.05, 0) is 67.5 Å². The predicted molar refractivity (Wildman–Crippen MR) is 109 cm³/mol. The van der Waals surface area contributed by atoms with E-state index in [1.807, 2.05) is 24.3 Å². The minimum absolute atomic E-state index is 0.180. The maximum Gasteiger partial charge on any atom is 0.408 e. The van der Waals surface area contributed by atoms with E-state index >= 15 is 0 Å². The first kappa shape index (κ1) is 21.7. The molecule has 6 heteroatoms. The fourth-order valence-electron chi connectivity index (χ4n) is 2.23. The average molecular weight is 460 g/mol. The summed E-state index contributed by atoms with van der Waals surface area (Å²) in [6.45, 7) is 8.12. The van der Waals surface area contributed by atoms with Crippen LogP contribution in [0.3, 0.4) is 0 Å². The molecule has 0 fully saturated rings. The number of rotatable bonds is 8. The highest BCUT2D eigenvalue weighted by atomic mass is 127. The molecule has 25 heavy (non-hydrogen) atoms. The zero-order valence-corrected chi connectivity index (χ0v) is 17.7. The van der Waals surface area contributed by atoms with Crippen molar-refractivity contribution in [1.82, 2.24) is 10.6 Å². The summed E-state index contributed by atoms with van der Waals surface area (Å²) in [5.74, 6) is -0.180. The van der Waals surface area contributed by atoms with Crippen molar-refractivity contribution in [3.8, 4) is 0 Å². The monoisotopic (exact) mass is 460 g/mol. The Balaban J connectivity index is 2.72. The Bertz CT molecular complexity index is 553. The van der Waals surface area contributed by atoms with Gasteiger partial charge in [-0.2, -0.15) is 0 Å². The molecule has 0 aliphatic rings. The molecule has 1 rings (SSSR count). The summed E-state index contributed by atoms with van der Waals surface area (Å²) in [6, 6.07) is 7.25. The van der Waals surface area contributed by atoms with E-state index < -0.39 is 17.7 Å². The quantitative estimate of drug-likeness (QED) is 0.455. The highest BCUT2D eigenvalue weighted by Gasteiger charge is 2.24. The van der Waals surface area contributed by atoms with Gasteiger partial charge in [0.05, 0.1) is 0 Å². The summed E-state index contributed by atoms with van der Waals surface area (Å²) < 4.78 is 6.41. The van der Waals surface area contributed by atoms with Crippen LogP contribution in [0, 0.1) is 3.57 Å². The summed E-state index contributed by atoms with van der Waals surface area (Å²) in [5.41, 5.74) is 0.389. The summed E-state index contributed by atoms with van der Waals surface area (Å²) >= 11 is 2.24. The van der Waals surface area contributed by atoms with Gasteiger partial charge in [-0.25, -0.2) is 4.79 Å². The molecule has 0 aromatic heterocycles. The van der Waals surface area contributed by atoms with Crippen LogP contribution >= 0.6 is 22.6 Å². The lowest BCUT2D eigenvalue weighted by molar-refractivity contribution is -0.123. The van der Waals surface area contributed by atoms with Gasteiger partial charge in [-0.15, -0.1) is 0 Å². The van der Waals surface area contributed by atoms with Crippen molar-refractivity contribution in [1.29, 1.82) is 0 Å². The molecule has 0 saturated heterocycles. The highest BCUT2D eigenvalue weighted by molar-refractivity contribution is 14.1. The van der Waals surface area contributed by atoms with Crippen molar-refractivity contribution in [2.45, 2.75) is 65.0 Å². The normalized spacial score (nSPS) is 12.4. The number of nitrogens with one attached hydrogen (secondary N) is 2. The Morgan fingerprint density at radius 1 is 1.16 bits per heavy atom. The molecule has 0 aliphatic heterocycles. The van der Waals surface area contributed by atoms with Gasteiger partial charge in [0.25, 0.3) is 0 Å². The molecule has 0 saturated carbocycles. The number of unbranched alkanes of at least 4 members (excludes halogenated alkanes) is 2. The molecule has 2 N–H and O–H groups in total. The molecule has 1 unspecified atom stereocenters. The van der Waals surface area contributed by atoms with Gasteiger partial charge in [-0.3, -0.25) is 4.79 Å². The van der Waals surface area contributed by atoms with E-state index in [1.54, 1.807) is 20.8 Å². The van der Waals surface area contributed by atoms with Gasteiger partial charge in [0, 0.05) is 16.5 Å². The molecule has 0 heterocycles. The van der Waals surface area contributed by atoms with E-state index in [2.05, 4.69) is 40.1 Å². The minimum atomic E-state index is -0.656. The van der Waals surface area contributed by atoms with Crippen LogP contribution in [0.25, 0.3) is 0 Å². The van der Waals surface area contributed by atoms with Crippen molar-refractivity contribution < 1.29 is 14.3 Å². The maximum absolute atomic E-state index is 12.5. The molecular weight excluding hydrogens is 431 g/mol. The largest absolute Gasteiger partial charge is 0.444 e. The highest BCUT2D eigenvalue weighted by Crippen LogP contribution is 2.11. The van der Waals surface area contributed by atoms with Crippen LogP contribution in [-0.2, 0) is 16.0 Å². The Labute approximate surface area is 164 Å². The number of halogens is 1. The van der Waals surface area contributed by atoms with Gasteiger partial charge in [0.2, 0.25) is 5.91 Å². The number of ether oxygens (including phenoxy) is 1. The zero-order valence-electron chi connectivity index (χ0n) is 15.5. The predicted octanol–water partition coefficient (Wildman–Crippen LogP) is 4.03. The van der Waals surface area contributed by atoms with Gasteiger partial charge in [0.1, 0.15) is 11.6 Å². The molecule has 1 aromatic rings. The van der Waals surface area contributed by atoms with Gasteiger partial charge < -0.3 is 15.4 Å². The van der Waals surface area contributed by atoms with Crippen LogP contribution in [0.2, 0.25) is 0 Å². The number of alkyl carbamates (subject to hydrolysis) is 1.